The van der Waals surface area contributed by atoms with Crippen LogP contribution in [0.25, 0.3) is 0 Å². The first-order chi connectivity index (χ1) is 12.9. The zero-order valence-corrected chi connectivity index (χ0v) is 16.9. The van der Waals surface area contributed by atoms with Crippen LogP contribution in [0.3, 0.4) is 0 Å². The zero-order valence-electron chi connectivity index (χ0n) is 15.4. The number of carbonyl (C=O) groups is 1. The summed E-state index contributed by atoms with van der Waals surface area (Å²) in [5.41, 5.74) is 1.81. The van der Waals surface area contributed by atoms with E-state index < -0.39 is 6.10 Å². The first-order valence-electron chi connectivity index (χ1n) is 8.89. The SMILES string of the molecule is C[C@@H](Oc1ccc(Cl)cc1Cl)C(=O)Nc1ccccc1N1CCN(C)CC1. The maximum atomic E-state index is 12.7. The van der Waals surface area contributed by atoms with Crippen LogP contribution in [0.5, 0.6) is 5.75 Å². The number of benzene rings is 2. The second-order valence-electron chi connectivity index (χ2n) is 6.63. The number of piperazine rings is 1. The molecular weight excluding hydrogens is 385 g/mol. The fourth-order valence-electron chi connectivity index (χ4n) is 2.95. The Kier molecular flexibility index (Phi) is 6.47. The van der Waals surface area contributed by atoms with E-state index in [4.69, 9.17) is 27.9 Å². The smallest absolute Gasteiger partial charge is 0.265 e. The van der Waals surface area contributed by atoms with Gasteiger partial charge in [-0.15, -0.1) is 0 Å². The molecule has 7 heteroatoms. The highest BCUT2D eigenvalue weighted by atomic mass is 35.5. The van der Waals surface area contributed by atoms with Gasteiger partial charge in [-0.05, 0) is 44.3 Å². The summed E-state index contributed by atoms with van der Waals surface area (Å²) in [4.78, 5) is 17.2. The highest BCUT2D eigenvalue weighted by molar-refractivity contribution is 6.35. The molecule has 1 heterocycles. The molecule has 1 amide bonds. The van der Waals surface area contributed by atoms with E-state index in [0.29, 0.717) is 15.8 Å². The fraction of sp³-hybridized carbons (Fsp3) is 0.350. The topological polar surface area (TPSA) is 44.8 Å². The van der Waals surface area contributed by atoms with E-state index in [1.54, 1.807) is 25.1 Å². The van der Waals surface area contributed by atoms with Gasteiger partial charge in [0.05, 0.1) is 16.4 Å². The first kappa shape index (κ1) is 19.8. The van der Waals surface area contributed by atoms with Gasteiger partial charge in [0, 0.05) is 31.2 Å². The molecule has 144 valence electrons. The van der Waals surface area contributed by atoms with Crippen molar-refractivity contribution >= 4 is 40.5 Å². The van der Waals surface area contributed by atoms with E-state index in [0.717, 1.165) is 37.6 Å². The van der Waals surface area contributed by atoms with Crippen LogP contribution < -0.4 is 15.0 Å². The molecule has 3 rings (SSSR count). The Morgan fingerprint density at radius 2 is 1.81 bits per heavy atom. The molecule has 0 bridgehead atoms. The standard InChI is InChI=1S/C20H23Cl2N3O2/c1-14(27-19-8-7-15(21)13-16(19)22)20(26)23-17-5-3-4-6-18(17)25-11-9-24(2)10-12-25/h3-8,13-14H,9-12H2,1-2H3,(H,23,26)/t14-/m1/s1. The molecule has 0 radical (unpaired) electrons. The molecule has 0 aromatic heterocycles. The lowest BCUT2D eigenvalue weighted by molar-refractivity contribution is -0.122. The molecule has 2 aromatic rings. The van der Waals surface area contributed by atoms with Crippen LogP contribution in [0, 0.1) is 0 Å². The molecule has 0 saturated carbocycles. The summed E-state index contributed by atoms with van der Waals surface area (Å²) in [5.74, 6) is 0.193. The number of para-hydroxylation sites is 2. The Morgan fingerprint density at radius 3 is 2.52 bits per heavy atom. The van der Waals surface area contributed by atoms with Crippen molar-refractivity contribution in [2.45, 2.75) is 13.0 Å². The van der Waals surface area contributed by atoms with Crippen molar-refractivity contribution in [3.05, 3.63) is 52.5 Å². The second kappa shape index (κ2) is 8.83. The van der Waals surface area contributed by atoms with E-state index in [9.17, 15) is 4.79 Å². The molecule has 1 fully saturated rings. The van der Waals surface area contributed by atoms with Crippen molar-refractivity contribution in [1.29, 1.82) is 0 Å². The van der Waals surface area contributed by atoms with Crippen molar-refractivity contribution in [2.24, 2.45) is 0 Å². The minimum Gasteiger partial charge on any atom is -0.479 e. The summed E-state index contributed by atoms with van der Waals surface area (Å²) in [6, 6.07) is 12.8. The summed E-state index contributed by atoms with van der Waals surface area (Å²) in [5, 5.41) is 3.88. The average molecular weight is 408 g/mol. The molecule has 1 aliphatic rings. The molecule has 2 aromatic carbocycles. The Hall–Kier alpha value is -1.95. The molecule has 1 aliphatic heterocycles. The highest BCUT2D eigenvalue weighted by Gasteiger charge is 2.21. The van der Waals surface area contributed by atoms with Crippen LogP contribution in [0.4, 0.5) is 11.4 Å². The van der Waals surface area contributed by atoms with Gasteiger partial charge < -0.3 is 19.9 Å². The molecule has 0 spiro atoms. The summed E-state index contributed by atoms with van der Waals surface area (Å²) in [6.07, 6.45) is -0.704. The van der Waals surface area contributed by atoms with Gasteiger partial charge in [-0.1, -0.05) is 35.3 Å². The number of hydrogen-bond acceptors (Lipinski definition) is 4. The number of carbonyl (C=O) groups excluding carboxylic acids is 1. The lowest BCUT2D eigenvalue weighted by atomic mass is 10.2. The van der Waals surface area contributed by atoms with Gasteiger partial charge in [0.25, 0.3) is 5.91 Å². The Morgan fingerprint density at radius 1 is 1.11 bits per heavy atom. The van der Waals surface area contributed by atoms with E-state index in [1.807, 2.05) is 24.3 Å². The lowest BCUT2D eigenvalue weighted by Crippen LogP contribution is -2.44. The summed E-state index contributed by atoms with van der Waals surface area (Å²) >= 11 is 12.0. The van der Waals surface area contributed by atoms with E-state index in [1.165, 1.54) is 0 Å². The highest BCUT2D eigenvalue weighted by Crippen LogP contribution is 2.29. The zero-order chi connectivity index (χ0) is 19.4. The van der Waals surface area contributed by atoms with Crippen LogP contribution in [0.15, 0.2) is 42.5 Å². The van der Waals surface area contributed by atoms with Gasteiger partial charge >= 0.3 is 0 Å². The van der Waals surface area contributed by atoms with E-state index in [-0.39, 0.29) is 5.91 Å². The monoisotopic (exact) mass is 407 g/mol. The van der Waals surface area contributed by atoms with Crippen LogP contribution >= 0.6 is 23.2 Å². The van der Waals surface area contributed by atoms with E-state index in [2.05, 4.69) is 22.2 Å². The number of amides is 1. The van der Waals surface area contributed by atoms with Crippen molar-refractivity contribution < 1.29 is 9.53 Å². The molecule has 27 heavy (non-hydrogen) atoms. The minimum absolute atomic E-state index is 0.234. The van der Waals surface area contributed by atoms with Crippen molar-refractivity contribution in [3.63, 3.8) is 0 Å². The molecule has 0 aliphatic carbocycles. The number of nitrogens with zero attached hydrogens (tertiary/aromatic N) is 2. The second-order valence-corrected chi connectivity index (χ2v) is 7.48. The van der Waals surface area contributed by atoms with Crippen LogP contribution in [-0.4, -0.2) is 50.1 Å². The molecule has 1 N–H and O–H groups in total. The molecule has 1 saturated heterocycles. The van der Waals surface area contributed by atoms with E-state index >= 15 is 0 Å². The van der Waals surface area contributed by atoms with Gasteiger partial charge in [0.15, 0.2) is 6.10 Å². The third-order valence-electron chi connectivity index (χ3n) is 4.57. The number of ether oxygens (including phenoxy) is 1. The number of halogens is 2. The summed E-state index contributed by atoms with van der Waals surface area (Å²) < 4.78 is 5.71. The van der Waals surface area contributed by atoms with Crippen LogP contribution in [0.1, 0.15) is 6.92 Å². The number of rotatable bonds is 5. The van der Waals surface area contributed by atoms with Gasteiger partial charge in [-0.2, -0.15) is 0 Å². The number of nitrogens with one attached hydrogen (secondary N) is 1. The normalized spacial score (nSPS) is 16.1. The number of hydrogen-bond donors (Lipinski definition) is 1. The van der Waals surface area contributed by atoms with Crippen molar-refractivity contribution in [2.75, 3.05) is 43.4 Å². The Bertz CT molecular complexity index is 808. The van der Waals surface area contributed by atoms with Crippen molar-refractivity contribution in [3.8, 4) is 5.75 Å². The van der Waals surface area contributed by atoms with Gasteiger partial charge in [-0.25, -0.2) is 0 Å². The molecule has 1 atom stereocenters. The minimum atomic E-state index is -0.704. The fourth-order valence-corrected chi connectivity index (χ4v) is 3.40. The maximum absolute atomic E-state index is 12.7. The first-order valence-corrected chi connectivity index (χ1v) is 9.64. The summed E-state index contributed by atoms with van der Waals surface area (Å²) in [6.45, 7) is 5.54. The van der Waals surface area contributed by atoms with Crippen LogP contribution in [0.2, 0.25) is 10.0 Å². The maximum Gasteiger partial charge on any atom is 0.265 e. The van der Waals surface area contributed by atoms with Gasteiger partial charge in [0.2, 0.25) is 0 Å². The lowest BCUT2D eigenvalue weighted by Gasteiger charge is -2.35. The predicted molar refractivity (Wildman–Crippen MR) is 111 cm³/mol. The average Bonchev–Trinajstić information content (AvgIpc) is 2.65. The summed E-state index contributed by atoms with van der Waals surface area (Å²) in [7, 11) is 2.12. The van der Waals surface area contributed by atoms with Gasteiger partial charge in [-0.3, -0.25) is 4.79 Å². The predicted octanol–water partition coefficient (Wildman–Crippen LogP) is 4.15. The largest absolute Gasteiger partial charge is 0.479 e. The molecular formula is C20H23Cl2N3O2. The van der Waals surface area contributed by atoms with Gasteiger partial charge in [0.1, 0.15) is 5.75 Å². The quantitative estimate of drug-likeness (QED) is 0.808. The Labute approximate surface area is 169 Å². The third kappa shape index (κ3) is 5.06. The molecule has 5 nitrogen and oxygen atoms in total. The van der Waals surface area contributed by atoms with Crippen molar-refractivity contribution in [1.82, 2.24) is 4.90 Å². The number of anilines is 2. The molecule has 0 unspecified atom stereocenters. The van der Waals surface area contributed by atoms with Crippen LogP contribution in [-0.2, 0) is 4.79 Å². The number of likely N-dealkylation sites (N-methyl/N-ethyl adjacent to an activating group) is 1. The third-order valence-corrected chi connectivity index (χ3v) is 5.10. The Balaban J connectivity index is 1.68.